The molecule has 0 radical (unpaired) electrons. The molecule has 50 heavy (non-hydrogen) atoms. The highest BCUT2D eigenvalue weighted by atomic mass is 16.6. The van der Waals surface area contributed by atoms with Crippen LogP contribution in [0.5, 0.6) is 0 Å². The molecule has 260 valence electrons. The molecule has 13 nitrogen and oxygen atoms in total. The van der Waals surface area contributed by atoms with Gasteiger partial charge in [0.05, 0.1) is 28.6 Å². The number of hydrogen-bond acceptors (Lipinski definition) is 9. The average molecular weight is 680 g/mol. The summed E-state index contributed by atoms with van der Waals surface area (Å²) < 4.78 is 7.63. The molecule has 1 atom stereocenters. The van der Waals surface area contributed by atoms with Gasteiger partial charge in [0.1, 0.15) is 11.6 Å². The molecule has 2 N–H and O–H groups in total. The Kier molecular flexibility index (Phi) is 7.76. The number of pyridine rings is 1. The van der Waals surface area contributed by atoms with Gasteiger partial charge in [-0.1, -0.05) is 6.07 Å². The third-order valence-electron chi connectivity index (χ3n) is 10.3. The van der Waals surface area contributed by atoms with Crippen LogP contribution in [0.3, 0.4) is 0 Å². The first kappa shape index (κ1) is 32.2. The predicted octanol–water partition coefficient (Wildman–Crippen LogP) is 4.62. The van der Waals surface area contributed by atoms with Crippen LogP contribution in [-0.2, 0) is 14.3 Å². The van der Waals surface area contributed by atoms with Crippen LogP contribution in [0.2, 0.25) is 0 Å². The summed E-state index contributed by atoms with van der Waals surface area (Å²) in [6, 6.07) is 10.5. The van der Waals surface area contributed by atoms with Crippen molar-refractivity contribution in [2.24, 2.45) is 5.92 Å². The number of aromatic nitrogens is 3. The van der Waals surface area contributed by atoms with Gasteiger partial charge in [-0.25, -0.2) is 4.79 Å². The molecule has 13 heteroatoms. The fraction of sp³-hybridized carbons (Fsp3) is 0.486. The molecule has 2 aliphatic carbocycles. The third kappa shape index (κ3) is 6.02. The van der Waals surface area contributed by atoms with Crippen LogP contribution in [0, 0.1) is 5.92 Å². The van der Waals surface area contributed by atoms with Crippen molar-refractivity contribution in [3.63, 3.8) is 0 Å². The maximum absolute atomic E-state index is 13.2. The number of rotatable bonds is 8. The topological polar surface area (TPSA) is 156 Å². The van der Waals surface area contributed by atoms with Crippen molar-refractivity contribution in [2.45, 2.75) is 88.8 Å². The number of nitrogens with zero attached hydrogens (tertiary/aromatic N) is 5. The lowest BCUT2D eigenvalue weighted by Gasteiger charge is -2.39. The van der Waals surface area contributed by atoms with Crippen LogP contribution < -0.4 is 10.6 Å². The van der Waals surface area contributed by atoms with Crippen molar-refractivity contribution >= 4 is 35.4 Å². The zero-order chi connectivity index (χ0) is 34.9. The number of hydrogen-bond donors (Lipinski definition) is 2. The predicted molar refractivity (Wildman–Crippen MR) is 181 cm³/mol. The van der Waals surface area contributed by atoms with Crippen LogP contribution in [0.4, 0.5) is 10.5 Å². The van der Waals surface area contributed by atoms with Gasteiger partial charge in [-0.3, -0.25) is 39.1 Å². The Morgan fingerprint density at radius 1 is 0.960 bits per heavy atom. The fourth-order valence-corrected chi connectivity index (χ4v) is 7.34. The number of anilines is 1. The standard InChI is InChI=1S/C37H41N7O6/c1-37(2,3)50-36(49)42-17-22(18-42)28-5-4-6-29(39-28)27-19-43(41-32(27)21-7-8-21)24-13-20(14-24)16-38-23-9-10-25-26(15-23)35(48)44(34(25)47)30-11-12-31(45)40-33(30)46/h4-6,9-10,15,19-22,24,30,38H,7-8,11-14,16-18H2,1-3H3,(H,40,45,46). The highest BCUT2D eigenvalue weighted by Gasteiger charge is 2.45. The van der Waals surface area contributed by atoms with Gasteiger partial charge in [0.25, 0.3) is 11.8 Å². The Hall–Kier alpha value is -5.07. The Bertz CT molecular complexity index is 1910. The van der Waals surface area contributed by atoms with Crippen molar-refractivity contribution in [2.75, 3.05) is 25.0 Å². The van der Waals surface area contributed by atoms with Crippen LogP contribution in [-0.4, -0.2) is 85.6 Å². The Morgan fingerprint density at radius 2 is 1.72 bits per heavy atom. The number of amides is 5. The molecule has 2 saturated heterocycles. The number of fused-ring (bicyclic) bond motifs is 1. The first-order valence-electron chi connectivity index (χ1n) is 17.6. The minimum atomic E-state index is -0.981. The molecule has 5 amide bonds. The molecular weight excluding hydrogens is 638 g/mol. The number of likely N-dealkylation sites (tertiary alicyclic amines) is 1. The smallest absolute Gasteiger partial charge is 0.410 e. The van der Waals surface area contributed by atoms with Gasteiger partial charge in [-0.05, 0) is 89.1 Å². The molecule has 2 saturated carbocycles. The maximum Gasteiger partial charge on any atom is 0.410 e. The van der Waals surface area contributed by atoms with Gasteiger partial charge >= 0.3 is 6.09 Å². The van der Waals surface area contributed by atoms with Gasteiger partial charge in [-0.15, -0.1) is 0 Å². The van der Waals surface area contributed by atoms with E-state index in [9.17, 15) is 24.0 Å². The van der Waals surface area contributed by atoms with Crippen molar-refractivity contribution in [1.29, 1.82) is 0 Å². The van der Waals surface area contributed by atoms with Gasteiger partial charge in [-0.2, -0.15) is 5.10 Å². The lowest BCUT2D eigenvalue weighted by Crippen LogP contribution is -2.54. The number of imide groups is 2. The highest BCUT2D eigenvalue weighted by molar-refractivity contribution is 6.23. The highest BCUT2D eigenvalue weighted by Crippen LogP contribution is 2.46. The molecule has 3 aromatic rings. The maximum atomic E-state index is 13.2. The summed E-state index contributed by atoms with van der Waals surface area (Å²) in [5.41, 5.74) is 4.86. The number of piperidine rings is 1. The van der Waals surface area contributed by atoms with E-state index in [1.54, 1.807) is 23.1 Å². The normalized spacial score (nSPS) is 23.7. The van der Waals surface area contributed by atoms with E-state index in [-0.39, 0.29) is 42.0 Å². The molecular formula is C37H41N7O6. The minimum Gasteiger partial charge on any atom is -0.444 e. The zero-order valence-electron chi connectivity index (χ0n) is 28.5. The second-order valence-electron chi connectivity index (χ2n) is 15.3. The van der Waals surface area contributed by atoms with E-state index in [1.165, 1.54) is 0 Å². The van der Waals surface area contributed by atoms with Crippen molar-refractivity contribution in [3.05, 3.63) is 65.1 Å². The lowest BCUT2D eigenvalue weighted by molar-refractivity contribution is -0.136. The summed E-state index contributed by atoms with van der Waals surface area (Å²) >= 11 is 0. The van der Waals surface area contributed by atoms with Crippen molar-refractivity contribution < 1.29 is 28.7 Å². The largest absolute Gasteiger partial charge is 0.444 e. The average Bonchev–Trinajstić information content (AvgIpc) is 3.72. The summed E-state index contributed by atoms with van der Waals surface area (Å²) in [4.78, 5) is 70.4. The SMILES string of the molecule is CC(C)(C)OC(=O)N1CC(c2cccc(-c3cn(C4CC(CNc5ccc6c(c5)C(=O)N(C5CCC(=O)NC5=O)C6=O)C4)nc3C3CC3)n2)C1. The first-order chi connectivity index (χ1) is 23.9. The van der Waals surface area contributed by atoms with E-state index in [0.717, 1.165) is 58.9 Å². The fourth-order valence-electron chi connectivity index (χ4n) is 7.34. The van der Waals surface area contributed by atoms with Gasteiger partial charge < -0.3 is 15.0 Å². The van der Waals surface area contributed by atoms with E-state index < -0.39 is 35.3 Å². The number of carbonyl (C=O) groups is 5. The van der Waals surface area contributed by atoms with E-state index in [0.29, 0.717) is 31.5 Å². The molecule has 5 aliphatic rings. The molecule has 1 aromatic carbocycles. The summed E-state index contributed by atoms with van der Waals surface area (Å²) in [5, 5.41) is 10.7. The van der Waals surface area contributed by atoms with Crippen molar-refractivity contribution in [1.82, 2.24) is 29.9 Å². The number of ether oxygens (including phenoxy) is 1. The van der Waals surface area contributed by atoms with E-state index in [2.05, 4.69) is 21.5 Å². The summed E-state index contributed by atoms with van der Waals surface area (Å²) in [5.74, 6) is -0.985. The van der Waals surface area contributed by atoms with Crippen LogP contribution >= 0.6 is 0 Å². The lowest BCUT2D eigenvalue weighted by atomic mass is 9.80. The van der Waals surface area contributed by atoms with Crippen molar-refractivity contribution in [3.8, 4) is 11.3 Å². The zero-order valence-corrected chi connectivity index (χ0v) is 28.5. The monoisotopic (exact) mass is 679 g/mol. The van der Waals surface area contributed by atoms with Gasteiger partial charge in [0.15, 0.2) is 0 Å². The molecule has 8 rings (SSSR count). The molecule has 3 aliphatic heterocycles. The third-order valence-corrected chi connectivity index (χ3v) is 10.3. The van der Waals surface area contributed by atoms with E-state index in [1.807, 2.05) is 39.0 Å². The molecule has 0 spiro atoms. The molecule has 4 fully saturated rings. The number of carbonyl (C=O) groups excluding carboxylic acids is 5. The summed E-state index contributed by atoms with van der Waals surface area (Å²) in [6.07, 6.45) is 6.27. The summed E-state index contributed by atoms with van der Waals surface area (Å²) in [6.45, 7) is 7.52. The van der Waals surface area contributed by atoms with E-state index >= 15 is 0 Å². The molecule has 1 unspecified atom stereocenters. The Morgan fingerprint density at radius 3 is 2.44 bits per heavy atom. The Labute approximate surface area is 289 Å². The van der Waals surface area contributed by atoms with Crippen LogP contribution in [0.15, 0.2) is 42.6 Å². The second-order valence-corrected chi connectivity index (χ2v) is 15.3. The second kappa shape index (κ2) is 12.1. The number of benzene rings is 1. The first-order valence-corrected chi connectivity index (χ1v) is 17.6. The van der Waals surface area contributed by atoms with Gasteiger partial charge in [0.2, 0.25) is 11.8 Å². The molecule has 5 heterocycles. The minimum absolute atomic E-state index is 0.0862. The molecule has 0 bridgehead atoms. The number of nitrogens with one attached hydrogen (secondary N) is 2. The van der Waals surface area contributed by atoms with Crippen LogP contribution in [0.1, 0.15) is 109 Å². The van der Waals surface area contributed by atoms with E-state index in [4.69, 9.17) is 14.8 Å². The van der Waals surface area contributed by atoms with Crippen LogP contribution in [0.25, 0.3) is 11.3 Å². The van der Waals surface area contributed by atoms with Gasteiger partial charge in [0, 0.05) is 61.0 Å². The quantitative estimate of drug-likeness (QED) is 0.325. The molecule has 2 aromatic heterocycles. The summed E-state index contributed by atoms with van der Waals surface area (Å²) in [7, 11) is 0. The Balaban J connectivity index is 0.882.